The second-order valence-electron chi connectivity index (χ2n) is 9.20. The summed E-state index contributed by atoms with van der Waals surface area (Å²) >= 11 is 0. The van der Waals surface area contributed by atoms with E-state index in [2.05, 4.69) is 6.58 Å². The molecular formula is C20H22O6. The Bertz CT molecular complexity index is 874. The van der Waals surface area contributed by atoms with Crippen LogP contribution in [0.4, 0.5) is 0 Å². The molecule has 26 heavy (non-hydrogen) atoms. The van der Waals surface area contributed by atoms with Gasteiger partial charge >= 0.3 is 5.97 Å². The predicted molar refractivity (Wildman–Crippen MR) is 87.7 cm³/mol. The fourth-order valence-electron chi connectivity index (χ4n) is 6.85. The second kappa shape index (κ2) is 3.86. The van der Waals surface area contributed by atoms with E-state index in [0.29, 0.717) is 24.0 Å². The maximum Gasteiger partial charge on any atom is 0.336 e. The molecule has 0 unspecified atom stereocenters. The van der Waals surface area contributed by atoms with Crippen LogP contribution in [0, 0.1) is 17.8 Å². The van der Waals surface area contributed by atoms with Crippen LogP contribution in [0.15, 0.2) is 23.3 Å². The molecule has 6 aliphatic rings. The van der Waals surface area contributed by atoms with E-state index in [1.165, 1.54) is 0 Å². The maximum absolute atomic E-state index is 13.2. The summed E-state index contributed by atoms with van der Waals surface area (Å²) in [5.41, 5.74) is -0.186. The Labute approximate surface area is 151 Å². The first-order valence-corrected chi connectivity index (χ1v) is 9.39. The number of fused-ring (bicyclic) bond motifs is 5. The number of rotatable bonds is 0. The van der Waals surface area contributed by atoms with Gasteiger partial charge in [0.2, 0.25) is 5.79 Å². The largest absolute Gasteiger partial charge is 0.426 e. The van der Waals surface area contributed by atoms with E-state index >= 15 is 0 Å². The molecule has 138 valence electrons. The molecule has 0 radical (unpaired) electrons. The molecule has 3 heterocycles. The van der Waals surface area contributed by atoms with Gasteiger partial charge in [0.15, 0.2) is 11.4 Å². The molecule has 6 rings (SSSR count). The van der Waals surface area contributed by atoms with Crippen molar-refractivity contribution in [2.45, 2.75) is 68.7 Å². The Morgan fingerprint density at radius 2 is 2.00 bits per heavy atom. The molecular weight excluding hydrogens is 336 g/mol. The first-order chi connectivity index (χ1) is 12.1. The molecule has 0 aromatic heterocycles. The van der Waals surface area contributed by atoms with Crippen LogP contribution in [0.25, 0.3) is 0 Å². The lowest BCUT2D eigenvalue weighted by Gasteiger charge is -2.39. The molecule has 1 N–H and O–H groups in total. The van der Waals surface area contributed by atoms with Crippen molar-refractivity contribution >= 4 is 11.8 Å². The number of carbonyl (C=O) groups excluding carboxylic acids is 2. The Kier molecular flexibility index (Phi) is 2.31. The van der Waals surface area contributed by atoms with Crippen LogP contribution in [-0.4, -0.2) is 45.6 Å². The summed E-state index contributed by atoms with van der Waals surface area (Å²) in [7, 11) is 0. The van der Waals surface area contributed by atoms with E-state index in [1.807, 2.05) is 13.8 Å². The lowest BCUT2D eigenvalue weighted by Crippen LogP contribution is -2.54. The van der Waals surface area contributed by atoms with E-state index in [1.54, 1.807) is 6.92 Å². The molecule has 0 amide bonds. The Morgan fingerprint density at radius 3 is 2.73 bits per heavy atom. The summed E-state index contributed by atoms with van der Waals surface area (Å²) in [6, 6.07) is 0. The van der Waals surface area contributed by atoms with E-state index in [4.69, 9.17) is 14.2 Å². The average Bonchev–Trinajstić information content (AvgIpc) is 3.41. The summed E-state index contributed by atoms with van der Waals surface area (Å²) in [5.74, 6) is -2.74. The highest BCUT2D eigenvalue weighted by atomic mass is 16.7. The fraction of sp³-hybridized carbons (Fsp3) is 0.700. The van der Waals surface area contributed by atoms with Gasteiger partial charge < -0.3 is 19.3 Å². The van der Waals surface area contributed by atoms with Crippen molar-refractivity contribution < 1.29 is 28.9 Å². The molecule has 0 bridgehead atoms. The third-order valence-corrected chi connectivity index (χ3v) is 7.93. The SMILES string of the molecule is C=C1CC[C@]2(O)OC(=O)C(C)=C2[C@@H]2[C@@H]1[C@@]13O[C@@]1(C[C@@H](C)C3=O)[C@H]1O[C@@]21C. The van der Waals surface area contributed by atoms with Crippen LogP contribution >= 0.6 is 0 Å². The molecule has 2 saturated heterocycles. The second-order valence-corrected chi connectivity index (χ2v) is 9.20. The van der Waals surface area contributed by atoms with Gasteiger partial charge in [0.1, 0.15) is 17.3 Å². The molecule has 3 aliphatic carbocycles. The van der Waals surface area contributed by atoms with E-state index in [-0.39, 0.29) is 36.1 Å². The van der Waals surface area contributed by atoms with Crippen molar-refractivity contribution in [2.75, 3.05) is 0 Å². The van der Waals surface area contributed by atoms with Crippen molar-refractivity contribution in [1.82, 2.24) is 0 Å². The number of carbonyl (C=O) groups is 2. The van der Waals surface area contributed by atoms with Crippen LogP contribution in [0.3, 0.4) is 0 Å². The normalized spacial score (nSPS) is 59.0. The lowest BCUT2D eigenvalue weighted by molar-refractivity contribution is -0.185. The summed E-state index contributed by atoms with van der Waals surface area (Å²) in [6.07, 6.45) is 1.20. The quantitative estimate of drug-likeness (QED) is 0.400. The first kappa shape index (κ1) is 15.5. The van der Waals surface area contributed by atoms with Gasteiger partial charge in [0, 0.05) is 35.3 Å². The number of hydrogen-bond donors (Lipinski definition) is 1. The fourth-order valence-corrected chi connectivity index (χ4v) is 6.85. The van der Waals surface area contributed by atoms with Gasteiger partial charge in [-0.05, 0) is 26.7 Å². The number of ketones is 1. The van der Waals surface area contributed by atoms with E-state index < -0.39 is 28.6 Å². The average molecular weight is 358 g/mol. The molecule has 3 aliphatic heterocycles. The Hall–Kier alpha value is -1.50. The summed E-state index contributed by atoms with van der Waals surface area (Å²) in [5, 5.41) is 11.2. The smallest absolute Gasteiger partial charge is 0.336 e. The van der Waals surface area contributed by atoms with Crippen LogP contribution in [0.5, 0.6) is 0 Å². The Balaban J connectivity index is 1.62. The maximum atomic E-state index is 13.2. The van der Waals surface area contributed by atoms with Crippen molar-refractivity contribution in [1.29, 1.82) is 0 Å². The zero-order valence-corrected chi connectivity index (χ0v) is 15.1. The van der Waals surface area contributed by atoms with Gasteiger partial charge in [-0.15, -0.1) is 0 Å². The van der Waals surface area contributed by atoms with Gasteiger partial charge in [-0.25, -0.2) is 4.79 Å². The summed E-state index contributed by atoms with van der Waals surface area (Å²) in [4.78, 5) is 25.5. The van der Waals surface area contributed by atoms with Gasteiger partial charge in [-0.1, -0.05) is 19.1 Å². The molecule has 6 heteroatoms. The molecule has 0 spiro atoms. The topological polar surface area (TPSA) is 88.7 Å². The third-order valence-electron chi connectivity index (χ3n) is 7.93. The highest BCUT2D eigenvalue weighted by Crippen LogP contribution is 2.80. The standard InChI is InChI=1S/C20H22O6/c1-8-5-6-19(23)12(10(3)15(22)24-19)13-11(8)20-14(21)9(2)7-18(20,26-20)16-17(13,4)25-16/h9,11,13,16,23H,1,5-7H2,2-4H3/t9-,11-,13+,16+,17+,18+,19+,20+/m1/s1. The number of Topliss-reactive ketones (excluding diaryl/α,β-unsaturated/α-hetero) is 1. The predicted octanol–water partition coefficient (Wildman–Crippen LogP) is 1.42. The summed E-state index contributed by atoms with van der Waals surface area (Å²) < 4.78 is 17.8. The van der Waals surface area contributed by atoms with Crippen LogP contribution in [-0.2, 0) is 23.8 Å². The molecule has 3 saturated carbocycles. The zero-order valence-electron chi connectivity index (χ0n) is 15.1. The minimum Gasteiger partial charge on any atom is -0.426 e. The monoisotopic (exact) mass is 358 g/mol. The van der Waals surface area contributed by atoms with Crippen LogP contribution in [0.1, 0.15) is 40.0 Å². The third kappa shape index (κ3) is 1.27. The van der Waals surface area contributed by atoms with Crippen LogP contribution in [0.2, 0.25) is 0 Å². The van der Waals surface area contributed by atoms with Crippen molar-refractivity contribution in [2.24, 2.45) is 17.8 Å². The molecule has 0 aromatic rings. The highest BCUT2D eigenvalue weighted by molar-refractivity contribution is 5.99. The number of epoxide rings is 2. The van der Waals surface area contributed by atoms with Gasteiger partial charge in [-0.2, -0.15) is 0 Å². The molecule has 6 nitrogen and oxygen atoms in total. The van der Waals surface area contributed by atoms with Gasteiger partial charge in [-0.3, -0.25) is 4.79 Å². The van der Waals surface area contributed by atoms with Gasteiger partial charge in [0.25, 0.3) is 0 Å². The zero-order chi connectivity index (χ0) is 18.4. The number of hydrogen-bond acceptors (Lipinski definition) is 6. The van der Waals surface area contributed by atoms with E-state index in [9.17, 15) is 14.7 Å². The van der Waals surface area contributed by atoms with Gasteiger partial charge in [0.05, 0.1) is 0 Å². The van der Waals surface area contributed by atoms with Crippen molar-refractivity contribution in [3.8, 4) is 0 Å². The number of aliphatic hydroxyl groups is 1. The highest BCUT2D eigenvalue weighted by Gasteiger charge is 2.96. The first-order valence-electron chi connectivity index (χ1n) is 9.39. The number of esters is 1. The minimum absolute atomic E-state index is 0.0811. The van der Waals surface area contributed by atoms with E-state index in [0.717, 1.165) is 5.57 Å². The molecule has 0 aromatic carbocycles. The Morgan fingerprint density at radius 1 is 1.27 bits per heavy atom. The van der Waals surface area contributed by atoms with Crippen LogP contribution < -0.4 is 0 Å². The molecule has 8 atom stereocenters. The number of ether oxygens (including phenoxy) is 3. The lowest BCUT2D eigenvalue weighted by atomic mass is 9.58. The van der Waals surface area contributed by atoms with Crippen molar-refractivity contribution in [3.63, 3.8) is 0 Å². The van der Waals surface area contributed by atoms with Crippen molar-refractivity contribution in [3.05, 3.63) is 23.3 Å². The summed E-state index contributed by atoms with van der Waals surface area (Å²) in [6.45, 7) is 9.91. The molecule has 5 fully saturated rings. The minimum atomic E-state index is -1.64.